The zero-order chi connectivity index (χ0) is 12.8. The summed E-state index contributed by atoms with van der Waals surface area (Å²) in [6, 6.07) is 5.62. The van der Waals surface area contributed by atoms with E-state index < -0.39 is 5.97 Å². The third kappa shape index (κ3) is 4.79. The van der Waals surface area contributed by atoms with Crippen LogP contribution in [0.2, 0.25) is 0 Å². The van der Waals surface area contributed by atoms with Crippen molar-refractivity contribution in [1.29, 1.82) is 0 Å². The van der Waals surface area contributed by atoms with Crippen molar-refractivity contribution in [2.45, 2.75) is 18.2 Å². The summed E-state index contributed by atoms with van der Waals surface area (Å²) in [5.41, 5.74) is 1.22. The first-order valence-corrected chi connectivity index (χ1v) is 6.60. The second-order valence-electron chi connectivity index (χ2n) is 4.29. The van der Waals surface area contributed by atoms with Crippen LogP contribution in [-0.2, 0) is 0 Å². The van der Waals surface area contributed by atoms with Crippen molar-refractivity contribution in [3.8, 4) is 0 Å². The van der Waals surface area contributed by atoms with Gasteiger partial charge in [-0.15, -0.1) is 11.8 Å². The second-order valence-corrected chi connectivity index (χ2v) is 5.46. The van der Waals surface area contributed by atoms with Crippen molar-refractivity contribution >= 4 is 17.7 Å². The number of aryl methyl sites for hydroxylation is 1. The largest absolute Gasteiger partial charge is 0.478 e. The van der Waals surface area contributed by atoms with Gasteiger partial charge in [-0.25, -0.2) is 4.79 Å². The number of benzene rings is 1. The van der Waals surface area contributed by atoms with E-state index in [-0.39, 0.29) is 0 Å². The fraction of sp³-hybridized carbons (Fsp3) is 0.462. The molecule has 0 heterocycles. The lowest BCUT2D eigenvalue weighted by atomic mass is 10.1. The highest BCUT2D eigenvalue weighted by Gasteiger charge is 2.07. The molecule has 0 aliphatic carbocycles. The number of hydrogen-bond acceptors (Lipinski definition) is 3. The molecule has 0 unspecified atom stereocenters. The molecule has 0 bridgehead atoms. The average molecular weight is 253 g/mol. The summed E-state index contributed by atoms with van der Waals surface area (Å²) in [7, 11) is 4.11. The van der Waals surface area contributed by atoms with Gasteiger partial charge in [0.2, 0.25) is 0 Å². The number of rotatable bonds is 6. The lowest BCUT2D eigenvalue weighted by molar-refractivity contribution is 0.0696. The van der Waals surface area contributed by atoms with Gasteiger partial charge in [0.25, 0.3) is 0 Å². The lowest BCUT2D eigenvalue weighted by Gasteiger charge is -2.09. The highest BCUT2D eigenvalue weighted by Crippen LogP contribution is 2.22. The molecule has 0 aliphatic rings. The molecule has 0 spiro atoms. The maximum atomic E-state index is 11.0. The SMILES string of the molecule is Cc1ccc(SCCCN(C)C)cc1C(=O)O. The summed E-state index contributed by atoms with van der Waals surface area (Å²) in [6.07, 6.45) is 1.11. The third-order valence-corrected chi connectivity index (χ3v) is 3.54. The number of thioether (sulfide) groups is 1. The van der Waals surface area contributed by atoms with Gasteiger partial charge >= 0.3 is 5.97 Å². The van der Waals surface area contributed by atoms with Crippen molar-refractivity contribution in [1.82, 2.24) is 4.90 Å². The Hall–Kier alpha value is -1.00. The molecule has 0 amide bonds. The molecular formula is C13H19NO2S. The summed E-state index contributed by atoms with van der Waals surface area (Å²) >= 11 is 1.71. The van der Waals surface area contributed by atoms with Crippen LogP contribution in [0.15, 0.2) is 23.1 Å². The summed E-state index contributed by atoms with van der Waals surface area (Å²) < 4.78 is 0. The molecular weight excluding hydrogens is 234 g/mol. The standard InChI is InChI=1S/C13H19NO2S/c1-10-5-6-11(9-12(10)13(15)16)17-8-4-7-14(2)3/h5-6,9H,4,7-8H2,1-3H3,(H,15,16). The van der Waals surface area contributed by atoms with Crippen LogP contribution >= 0.6 is 11.8 Å². The van der Waals surface area contributed by atoms with Crippen LogP contribution in [-0.4, -0.2) is 42.4 Å². The number of nitrogens with zero attached hydrogens (tertiary/aromatic N) is 1. The Kier molecular flexibility index (Phi) is 5.51. The van der Waals surface area contributed by atoms with E-state index in [4.69, 9.17) is 5.11 Å². The maximum absolute atomic E-state index is 11.0. The smallest absolute Gasteiger partial charge is 0.335 e. The molecule has 0 saturated carbocycles. The fourth-order valence-corrected chi connectivity index (χ4v) is 2.37. The zero-order valence-electron chi connectivity index (χ0n) is 10.6. The third-order valence-electron chi connectivity index (χ3n) is 2.46. The molecule has 1 aromatic carbocycles. The van der Waals surface area contributed by atoms with Gasteiger partial charge in [0, 0.05) is 4.90 Å². The molecule has 0 fully saturated rings. The lowest BCUT2D eigenvalue weighted by Crippen LogP contribution is -2.13. The van der Waals surface area contributed by atoms with Crippen LogP contribution in [0, 0.1) is 6.92 Å². The molecule has 1 rings (SSSR count). The van der Waals surface area contributed by atoms with Gasteiger partial charge in [0.15, 0.2) is 0 Å². The van der Waals surface area contributed by atoms with Crippen molar-refractivity contribution in [2.24, 2.45) is 0 Å². The normalized spacial score (nSPS) is 10.8. The van der Waals surface area contributed by atoms with Gasteiger partial charge in [-0.2, -0.15) is 0 Å². The monoisotopic (exact) mass is 253 g/mol. The van der Waals surface area contributed by atoms with Gasteiger partial charge in [-0.3, -0.25) is 0 Å². The van der Waals surface area contributed by atoms with Crippen molar-refractivity contribution in [2.75, 3.05) is 26.4 Å². The first-order valence-electron chi connectivity index (χ1n) is 5.62. The zero-order valence-corrected chi connectivity index (χ0v) is 11.4. The van der Waals surface area contributed by atoms with Gasteiger partial charge in [-0.1, -0.05) is 6.07 Å². The first kappa shape index (κ1) is 14.1. The van der Waals surface area contributed by atoms with Crippen molar-refractivity contribution in [3.63, 3.8) is 0 Å². The molecule has 0 radical (unpaired) electrons. The van der Waals surface area contributed by atoms with Crippen LogP contribution in [0.4, 0.5) is 0 Å². The summed E-state index contributed by atoms with van der Waals surface area (Å²) in [5.74, 6) is 0.165. The fourth-order valence-electron chi connectivity index (χ4n) is 1.49. The van der Waals surface area contributed by atoms with Crippen LogP contribution in [0.5, 0.6) is 0 Å². The summed E-state index contributed by atoms with van der Waals surface area (Å²) in [6.45, 7) is 2.88. The Labute approximate surface area is 107 Å². The van der Waals surface area contributed by atoms with E-state index in [2.05, 4.69) is 19.0 Å². The van der Waals surface area contributed by atoms with Crippen molar-refractivity contribution in [3.05, 3.63) is 29.3 Å². The van der Waals surface area contributed by atoms with Crippen LogP contribution in [0.3, 0.4) is 0 Å². The van der Waals surface area contributed by atoms with Crippen LogP contribution < -0.4 is 0 Å². The molecule has 4 heteroatoms. The molecule has 0 aliphatic heterocycles. The molecule has 17 heavy (non-hydrogen) atoms. The van der Waals surface area contributed by atoms with Gasteiger partial charge in [0.1, 0.15) is 0 Å². The van der Waals surface area contributed by atoms with E-state index in [1.54, 1.807) is 17.8 Å². The van der Waals surface area contributed by atoms with E-state index in [0.29, 0.717) is 5.56 Å². The summed E-state index contributed by atoms with van der Waals surface area (Å²) in [5, 5.41) is 9.02. The second kappa shape index (κ2) is 6.67. The maximum Gasteiger partial charge on any atom is 0.335 e. The van der Waals surface area contributed by atoms with Crippen LogP contribution in [0.1, 0.15) is 22.3 Å². The number of carboxylic acids is 1. The van der Waals surface area contributed by atoms with E-state index >= 15 is 0 Å². The summed E-state index contributed by atoms with van der Waals surface area (Å²) in [4.78, 5) is 14.2. The predicted octanol–water partition coefficient (Wildman–Crippen LogP) is 2.74. The first-order chi connectivity index (χ1) is 8.00. The minimum absolute atomic E-state index is 0.405. The van der Waals surface area contributed by atoms with E-state index in [0.717, 1.165) is 29.2 Å². The Balaban J connectivity index is 2.54. The Morgan fingerprint density at radius 1 is 1.41 bits per heavy atom. The number of carboxylic acid groups (broad SMARTS) is 1. The molecule has 3 nitrogen and oxygen atoms in total. The molecule has 0 saturated heterocycles. The Morgan fingerprint density at radius 3 is 2.71 bits per heavy atom. The van der Waals surface area contributed by atoms with E-state index in [1.807, 2.05) is 19.1 Å². The number of aromatic carboxylic acids is 1. The Morgan fingerprint density at radius 2 is 2.12 bits per heavy atom. The van der Waals surface area contributed by atoms with Gasteiger partial charge in [-0.05, 0) is 57.4 Å². The topological polar surface area (TPSA) is 40.5 Å². The highest BCUT2D eigenvalue weighted by atomic mass is 32.2. The molecule has 1 aromatic rings. The van der Waals surface area contributed by atoms with Crippen LogP contribution in [0.25, 0.3) is 0 Å². The van der Waals surface area contributed by atoms with Crippen molar-refractivity contribution < 1.29 is 9.90 Å². The minimum atomic E-state index is -0.849. The highest BCUT2D eigenvalue weighted by molar-refractivity contribution is 7.99. The Bertz CT molecular complexity index is 391. The molecule has 94 valence electrons. The van der Waals surface area contributed by atoms with E-state index in [1.165, 1.54) is 0 Å². The molecule has 1 N–H and O–H groups in total. The molecule has 0 atom stereocenters. The minimum Gasteiger partial charge on any atom is -0.478 e. The quantitative estimate of drug-likeness (QED) is 0.625. The molecule has 0 aromatic heterocycles. The number of hydrogen-bond donors (Lipinski definition) is 1. The van der Waals surface area contributed by atoms with Gasteiger partial charge < -0.3 is 10.0 Å². The average Bonchev–Trinajstić information content (AvgIpc) is 2.25. The van der Waals surface area contributed by atoms with E-state index in [9.17, 15) is 4.79 Å². The number of carbonyl (C=O) groups is 1. The predicted molar refractivity (Wildman–Crippen MR) is 72.0 cm³/mol. The van der Waals surface area contributed by atoms with Gasteiger partial charge in [0.05, 0.1) is 5.56 Å².